The number of nitrogens with two attached hydrogens (primary N) is 2. The predicted octanol–water partition coefficient (Wildman–Crippen LogP) is -1.15. The molecule has 0 aromatic heterocycles. The highest BCUT2D eigenvalue weighted by Gasteiger charge is 2.27. The lowest BCUT2D eigenvalue weighted by Crippen LogP contribution is -2.53. The van der Waals surface area contributed by atoms with E-state index < -0.39 is 36.4 Å². The molecule has 0 saturated heterocycles. The van der Waals surface area contributed by atoms with Crippen LogP contribution < -0.4 is 22.1 Å². The van der Waals surface area contributed by atoms with E-state index in [1.54, 1.807) is 0 Å². The standard InChI is InChI=1S/C18H28N6O4/c1-24(11-15(25)26)17(28)14(10-12-6-3-2-4-7-12)23-16(27)13(19)8-5-9-22-18(20)21/h2-4,6-7,13-14H,5,8-11,19H2,1H3,(H,23,27)(H,25,26)(H4,20,21,22)/t13-,14-/m0/s1. The number of aliphatic carboxylic acids is 1. The van der Waals surface area contributed by atoms with E-state index in [1.165, 1.54) is 7.05 Å². The molecule has 0 spiro atoms. The fourth-order valence-electron chi connectivity index (χ4n) is 2.55. The largest absolute Gasteiger partial charge is 0.480 e. The molecule has 0 aliphatic carbocycles. The van der Waals surface area contributed by atoms with Gasteiger partial charge in [0.2, 0.25) is 11.8 Å². The van der Waals surface area contributed by atoms with E-state index in [1.807, 2.05) is 30.3 Å². The molecule has 154 valence electrons. The molecule has 28 heavy (non-hydrogen) atoms. The van der Waals surface area contributed by atoms with Gasteiger partial charge in [-0.2, -0.15) is 0 Å². The van der Waals surface area contributed by atoms with Crippen LogP contribution in [0.2, 0.25) is 0 Å². The van der Waals surface area contributed by atoms with Crippen molar-refractivity contribution in [3.05, 3.63) is 35.9 Å². The fourth-order valence-corrected chi connectivity index (χ4v) is 2.55. The molecular weight excluding hydrogens is 364 g/mol. The molecule has 2 atom stereocenters. The first kappa shape index (κ1) is 22.9. The topological polar surface area (TPSA) is 175 Å². The molecular formula is C18H28N6O4. The third-order valence-electron chi connectivity index (χ3n) is 3.99. The Hall–Kier alpha value is -3.14. The minimum absolute atomic E-state index is 0.159. The molecule has 0 unspecified atom stereocenters. The minimum Gasteiger partial charge on any atom is -0.480 e. The zero-order valence-electron chi connectivity index (χ0n) is 15.9. The number of carboxylic acids is 1. The first-order chi connectivity index (χ1) is 13.2. The van der Waals surface area contributed by atoms with Crippen molar-refractivity contribution < 1.29 is 19.5 Å². The van der Waals surface area contributed by atoms with Gasteiger partial charge < -0.3 is 32.1 Å². The Morgan fingerprint density at radius 2 is 1.89 bits per heavy atom. The van der Waals surface area contributed by atoms with Gasteiger partial charge in [0.15, 0.2) is 5.96 Å². The van der Waals surface area contributed by atoms with Crippen LogP contribution in [-0.2, 0) is 20.8 Å². The van der Waals surface area contributed by atoms with E-state index in [4.69, 9.17) is 22.0 Å². The molecule has 0 fully saturated rings. The molecule has 1 aromatic rings. The number of benzene rings is 1. The van der Waals surface area contributed by atoms with Crippen molar-refractivity contribution in [3.63, 3.8) is 0 Å². The Bertz CT molecular complexity index is 682. The maximum atomic E-state index is 12.6. The van der Waals surface area contributed by atoms with Crippen molar-refractivity contribution in [2.24, 2.45) is 11.5 Å². The van der Waals surface area contributed by atoms with Gasteiger partial charge in [-0.05, 0) is 18.4 Å². The molecule has 0 saturated carbocycles. The number of carbonyl (C=O) groups excluding carboxylic acids is 2. The van der Waals surface area contributed by atoms with Gasteiger partial charge in [-0.3, -0.25) is 19.8 Å². The Labute approximate surface area is 163 Å². The van der Waals surface area contributed by atoms with Crippen LogP contribution >= 0.6 is 0 Å². The quantitative estimate of drug-likeness (QED) is 0.156. The Kier molecular flexibility index (Phi) is 9.44. The van der Waals surface area contributed by atoms with Gasteiger partial charge in [0.1, 0.15) is 12.6 Å². The summed E-state index contributed by atoms with van der Waals surface area (Å²) in [6, 6.07) is 7.32. The third-order valence-corrected chi connectivity index (χ3v) is 3.99. The van der Waals surface area contributed by atoms with Gasteiger partial charge in [-0.25, -0.2) is 0 Å². The molecule has 2 amide bonds. The number of nitrogens with one attached hydrogen (secondary N) is 3. The monoisotopic (exact) mass is 392 g/mol. The molecule has 0 heterocycles. The molecule has 0 aliphatic heterocycles. The summed E-state index contributed by atoms with van der Waals surface area (Å²) >= 11 is 0. The average Bonchev–Trinajstić information content (AvgIpc) is 2.63. The number of guanidine groups is 1. The van der Waals surface area contributed by atoms with E-state index in [9.17, 15) is 14.4 Å². The summed E-state index contributed by atoms with van der Waals surface area (Å²) in [6.07, 6.45) is 1.07. The van der Waals surface area contributed by atoms with Crippen LogP contribution in [0.15, 0.2) is 30.3 Å². The highest BCUT2D eigenvalue weighted by Crippen LogP contribution is 2.07. The second kappa shape index (κ2) is 11.5. The van der Waals surface area contributed by atoms with Crippen molar-refractivity contribution in [2.45, 2.75) is 31.3 Å². The second-order valence-electron chi connectivity index (χ2n) is 6.43. The number of hydrogen-bond acceptors (Lipinski definition) is 5. The Morgan fingerprint density at radius 3 is 2.46 bits per heavy atom. The summed E-state index contributed by atoms with van der Waals surface area (Å²) in [5, 5.41) is 21.2. The third kappa shape index (κ3) is 8.49. The number of amides is 2. The van der Waals surface area contributed by atoms with Crippen molar-refractivity contribution in [2.75, 3.05) is 20.1 Å². The van der Waals surface area contributed by atoms with Crippen LogP contribution in [0.25, 0.3) is 0 Å². The fraction of sp³-hybridized carbons (Fsp3) is 0.444. The summed E-state index contributed by atoms with van der Waals surface area (Å²) in [6.45, 7) is -0.0627. The average molecular weight is 392 g/mol. The minimum atomic E-state index is -1.14. The predicted molar refractivity (Wildman–Crippen MR) is 104 cm³/mol. The second-order valence-corrected chi connectivity index (χ2v) is 6.43. The first-order valence-electron chi connectivity index (χ1n) is 8.85. The van der Waals surface area contributed by atoms with Gasteiger partial charge in [-0.15, -0.1) is 0 Å². The van der Waals surface area contributed by atoms with Crippen LogP contribution in [0.4, 0.5) is 0 Å². The zero-order chi connectivity index (χ0) is 21.1. The summed E-state index contributed by atoms with van der Waals surface area (Å²) < 4.78 is 0. The van der Waals surface area contributed by atoms with Crippen molar-refractivity contribution in [1.82, 2.24) is 15.5 Å². The number of likely N-dealkylation sites (N-methyl/N-ethyl adjacent to an activating group) is 1. The normalized spacial score (nSPS) is 12.5. The van der Waals surface area contributed by atoms with Gasteiger partial charge in [0.25, 0.3) is 0 Å². The van der Waals surface area contributed by atoms with Gasteiger partial charge in [0.05, 0.1) is 6.04 Å². The smallest absolute Gasteiger partial charge is 0.323 e. The molecule has 10 heteroatoms. The summed E-state index contributed by atoms with van der Waals surface area (Å²) in [5.74, 6) is -2.31. The number of carboxylic acid groups (broad SMARTS) is 1. The first-order valence-corrected chi connectivity index (χ1v) is 8.85. The lowest BCUT2D eigenvalue weighted by Gasteiger charge is -2.25. The van der Waals surface area contributed by atoms with E-state index in [0.29, 0.717) is 19.4 Å². The Balaban J connectivity index is 2.74. The molecule has 1 rings (SSSR count). The molecule has 1 aromatic carbocycles. The maximum absolute atomic E-state index is 12.6. The van der Waals surface area contributed by atoms with Crippen LogP contribution in [0, 0.1) is 5.41 Å². The van der Waals surface area contributed by atoms with Gasteiger partial charge in [-0.1, -0.05) is 30.3 Å². The summed E-state index contributed by atoms with van der Waals surface area (Å²) in [5.41, 5.74) is 11.9. The Morgan fingerprint density at radius 1 is 1.25 bits per heavy atom. The molecule has 0 radical (unpaired) electrons. The molecule has 0 aliphatic rings. The van der Waals surface area contributed by atoms with Crippen molar-refractivity contribution in [1.29, 1.82) is 5.41 Å². The summed E-state index contributed by atoms with van der Waals surface area (Å²) in [4.78, 5) is 37.0. The van der Waals surface area contributed by atoms with Crippen molar-refractivity contribution in [3.8, 4) is 0 Å². The van der Waals surface area contributed by atoms with Crippen LogP contribution in [-0.4, -0.2) is 66.0 Å². The van der Waals surface area contributed by atoms with Crippen molar-refractivity contribution >= 4 is 23.7 Å². The highest BCUT2D eigenvalue weighted by molar-refractivity contribution is 5.91. The van der Waals surface area contributed by atoms with E-state index in [0.717, 1.165) is 10.5 Å². The number of rotatable bonds is 11. The SMILES string of the molecule is CN(CC(=O)O)C(=O)[C@H](Cc1ccccc1)NC(=O)[C@@H](N)CCCNC(=N)N. The number of carbonyl (C=O) groups is 3. The van der Waals surface area contributed by atoms with Crippen LogP contribution in [0.3, 0.4) is 0 Å². The van der Waals surface area contributed by atoms with E-state index >= 15 is 0 Å². The lowest BCUT2D eigenvalue weighted by atomic mass is 10.0. The van der Waals surface area contributed by atoms with Crippen LogP contribution in [0.5, 0.6) is 0 Å². The summed E-state index contributed by atoms with van der Waals surface area (Å²) in [7, 11) is 1.37. The highest BCUT2D eigenvalue weighted by atomic mass is 16.4. The molecule has 8 N–H and O–H groups in total. The zero-order valence-corrected chi connectivity index (χ0v) is 15.9. The number of hydrogen-bond donors (Lipinski definition) is 6. The molecule has 0 bridgehead atoms. The lowest BCUT2D eigenvalue weighted by molar-refractivity contribution is -0.144. The number of nitrogens with zero attached hydrogens (tertiary/aromatic N) is 1. The van der Waals surface area contributed by atoms with Gasteiger partial charge >= 0.3 is 5.97 Å². The maximum Gasteiger partial charge on any atom is 0.323 e. The van der Waals surface area contributed by atoms with Crippen LogP contribution in [0.1, 0.15) is 18.4 Å². The van der Waals surface area contributed by atoms with E-state index in [-0.39, 0.29) is 12.4 Å². The van der Waals surface area contributed by atoms with Gasteiger partial charge in [0, 0.05) is 20.0 Å². The van der Waals surface area contributed by atoms with E-state index in [2.05, 4.69) is 10.6 Å². The molecule has 10 nitrogen and oxygen atoms in total.